The molecule has 0 fully saturated rings. The average molecular weight is 300 g/mol. The fourth-order valence-corrected chi connectivity index (χ4v) is 2.68. The van der Waals surface area contributed by atoms with Crippen molar-refractivity contribution in [3.05, 3.63) is 58.1 Å². The molecule has 0 saturated heterocycles. The quantitative estimate of drug-likeness (QED) is 0.714. The van der Waals surface area contributed by atoms with Crippen molar-refractivity contribution in [3.8, 4) is 11.3 Å². The van der Waals surface area contributed by atoms with Gasteiger partial charge in [0.15, 0.2) is 0 Å². The summed E-state index contributed by atoms with van der Waals surface area (Å²) in [6, 6.07) is 11.1. The van der Waals surface area contributed by atoms with Gasteiger partial charge >= 0.3 is 5.97 Å². The first-order valence-corrected chi connectivity index (χ1v) is 6.96. The number of aryl methyl sites for hydroxylation is 2. The number of rotatable bonds is 2. The van der Waals surface area contributed by atoms with Crippen LogP contribution in [0.15, 0.2) is 36.4 Å². The third-order valence-electron chi connectivity index (χ3n) is 3.66. The minimum atomic E-state index is -0.913. The molecule has 0 aliphatic heterocycles. The summed E-state index contributed by atoms with van der Waals surface area (Å²) in [4.78, 5) is 14.3. The molecule has 4 heteroatoms. The number of H-pyrrole nitrogens is 1. The highest BCUT2D eigenvalue weighted by Gasteiger charge is 2.10. The first kappa shape index (κ1) is 13.7. The number of halogens is 1. The van der Waals surface area contributed by atoms with Crippen LogP contribution in [-0.2, 0) is 0 Å². The molecule has 3 rings (SSSR count). The van der Waals surface area contributed by atoms with Gasteiger partial charge in [0.05, 0.1) is 5.56 Å². The third kappa shape index (κ3) is 2.41. The van der Waals surface area contributed by atoms with Gasteiger partial charge in [-0.05, 0) is 55.3 Å². The number of carbonyl (C=O) groups is 1. The van der Waals surface area contributed by atoms with Crippen molar-refractivity contribution in [1.29, 1.82) is 0 Å². The van der Waals surface area contributed by atoms with Gasteiger partial charge in [-0.1, -0.05) is 17.7 Å². The molecule has 21 heavy (non-hydrogen) atoms. The van der Waals surface area contributed by atoms with Gasteiger partial charge in [-0.2, -0.15) is 0 Å². The summed E-state index contributed by atoms with van der Waals surface area (Å²) in [5, 5.41) is 10.8. The van der Waals surface area contributed by atoms with Crippen LogP contribution in [0, 0.1) is 13.8 Å². The lowest BCUT2D eigenvalue weighted by Crippen LogP contribution is -1.97. The number of carboxylic acids is 1. The largest absolute Gasteiger partial charge is 0.478 e. The van der Waals surface area contributed by atoms with Crippen LogP contribution in [0.1, 0.15) is 21.5 Å². The summed E-state index contributed by atoms with van der Waals surface area (Å²) >= 11 is 6.14. The van der Waals surface area contributed by atoms with Gasteiger partial charge in [0, 0.05) is 27.2 Å². The van der Waals surface area contributed by atoms with Crippen molar-refractivity contribution >= 4 is 28.5 Å². The number of hydrogen-bond donors (Lipinski definition) is 2. The molecule has 3 nitrogen and oxygen atoms in total. The normalized spacial score (nSPS) is 11.0. The summed E-state index contributed by atoms with van der Waals surface area (Å²) < 4.78 is 0. The number of carboxylic acid groups (broad SMARTS) is 1. The Morgan fingerprint density at radius 3 is 2.52 bits per heavy atom. The lowest BCUT2D eigenvalue weighted by Gasteiger charge is -2.04. The molecule has 0 aliphatic rings. The Kier molecular flexibility index (Phi) is 3.22. The number of aromatic carboxylic acids is 1. The number of benzene rings is 2. The molecule has 0 bridgehead atoms. The maximum absolute atomic E-state index is 11.0. The van der Waals surface area contributed by atoms with Crippen molar-refractivity contribution < 1.29 is 9.90 Å². The number of aromatic amines is 1. The van der Waals surface area contributed by atoms with E-state index in [9.17, 15) is 4.79 Å². The van der Waals surface area contributed by atoms with E-state index < -0.39 is 5.97 Å². The standard InChI is InChI=1S/C17H14ClNO2/c1-9-5-11(17(20)21)3-4-13(9)16-7-12-6-10(2)14(18)8-15(12)19-16/h3-8,19H,1-2H3,(H,20,21). The van der Waals surface area contributed by atoms with Crippen LogP contribution in [-0.4, -0.2) is 16.1 Å². The van der Waals surface area contributed by atoms with E-state index in [0.29, 0.717) is 5.56 Å². The molecule has 0 atom stereocenters. The Bertz CT molecular complexity index is 826. The van der Waals surface area contributed by atoms with E-state index in [1.165, 1.54) is 0 Å². The molecule has 2 N–H and O–H groups in total. The van der Waals surface area contributed by atoms with Gasteiger partial charge in [0.2, 0.25) is 0 Å². The van der Waals surface area contributed by atoms with E-state index >= 15 is 0 Å². The highest BCUT2D eigenvalue weighted by molar-refractivity contribution is 6.32. The molecule has 0 aliphatic carbocycles. The predicted octanol–water partition coefficient (Wildman–Crippen LogP) is 4.80. The fourth-order valence-electron chi connectivity index (χ4n) is 2.51. The zero-order valence-corrected chi connectivity index (χ0v) is 12.5. The Morgan fingerprint density at radius 2 is 1.86 bits per heavy atom. The second kappa shape index (κ2) is 4.93. The first-order valence-electron chi connectivity index (χ1n) is 6.59. The maximum atomic E-state index is 11.0. The van der Waals surface area contributed by atoms with Gasteiger partial charge in [0.25, 0.3) is 0 Å². The topological polar surface area (TPSA) is 53.1 Å². The average Bonchev–Trinajstić information content (AvgIpc) is 2.81. The zero-order chi connectivity index (χ0) is 15.1. The van der Waals surface area contributed by atoms with E-state index in [2.05, 4.69) is 11.1 Å². The van der Waals surface area contributed by atoms with Gasteiger partial charge < -0.3 is 10.1 Å². The monoisotopic (exact) mass is 299 g/mol. The van der Waals surface area contributed by atoms with Crippen molar-refractivity contribution in [2.24, 2.45) is 0 Å². The van der Waals surface area contributed by atoms with Gasteiger partial charge in [-0.25, -0.2) is 4.79 Å². The van der Waals surface area contributed by atoms with E-state index in [4.69, 9.17) is 16.7 Å². The summed E-state index contributed by atoms with van der Waals surface area (Å²) in [5.74, 6) is -0.913. The van der Waals surface area contributed by atoms with Gasteiger partial charge in [-0.15, -0.1) is 0 Å². The number of hydrogen-bond acceptors (Lipinski definition) is 1. The van der Waals surface area contributed by atoms with Crippen LogP contribution in [0.25, 0.3) is 22.2 Å². The number of fused-ring (bicyclic) bond motifs is 1. The van der Waals surface area contributed by atoms with E-state index in [0.717, 1.165) is 38.3 Å². The van der Waals surface area contributed by atoms with E-state index in [1.807, 2.05) is 32.0 Å². The summed E-state index contributed by atoms with van der Waals surface area (Å²) in [6.07, 6.45) is 0. The molecule has 1 heterocycles. The van der Waals surface area contributed by atoms with Crippen molar-refractivity contribution in [2.75, 3.05) is 0 Å². The Balaban J connectivity index is 2.14. The second-order valence-corrected chi connectivity index (χ2v) is 5.61. The lowest BCUT2D eigenvalue weighted by molar-refractivity contribution is 0.0697. The minimum Gasteiger partial charge on any atom is -0.478 e. The Morgan fingerprint density at radius 1 is 1.10 bits per heavy atom. The molecule has 0 radical (unpaired) electrons. The second-order valence-electron chi connectivity index (χ2n) is 5.21. The Hall–Kier alpha value is -2.26. The van der Waals surface area contributed by atoms with E-state index in [-0.39, 0.29) is 0 Å². The van der Waals surface area contributed by atoms with Crippen LogP contribution < -0.4 is 0 Å². The zero-order valence-electron chi connectivity index (χ0n) is 11.7. The van der Waals surface area contributed by atoms with Crippen LogP contribution >= 0.6 is 11.6 Å². The summed E-state index contributed by atoms with van der Waals surface area (Å²) in [6.45, 7) is 3.88. The SMILES string of the molecule is Cc1cc2cc(-c3ccc(C(=O)O)cc3C)[nH]c2cc1Cl. The van der Waals surface area contributed by atoms with Crippen LogP contribution in [0.2, 0.25) is 5.02 Å². The molecule has 3 aromatic rings. The molecule has 0 amide bonds. The highest BCUT2D eigenvalue weighted by Crippen LogP contribution is 2.30. The smallest absolute Gasteiger partial charge is 0.335 e. The molecule has 2 aromatic carbocycles. The van der Waals surface area contributed by atoms with Crippen LogP contribution in [0.4, 0.5) is 0 Å². The predicted molar refractivity (Wildman–Crippen MR) is 85.2 cm³/mol. The molecule has 0 spiro atoms. The molecule has 106 valence electrons. The van der Waals surface area contributed by atoms with Gasteiger partial charge in [-0.3, -0.25) is 0 Å². The first-order chi connectivity index (χ1) is 9.95. The van der Waals surface area contributed by atoms with Gasteiger partial charge in [0.1, 0.15) is 0 Å². The fraction of sp³-hybridized carbons (Fsp3) is 0.118. The molecule has 0 saturated carbocycles. The molecular weight excluding hydrogens is 286 g/mol. The Labute approximate surface area is 127 Å². The van der Waals surface area contributed by atoms with Crippen LogP contribution in [0.3, 0.4) is 0 Å². The lowest BCUT2D eigenvalue weighted by atomic mass is 10.0. The molecule has 0 unspecified atom stereocenters. The van der Waals surface area contributed by atoms with Crippen molar-refractivity contribution in [1.82, 2.24) is 4.98 Å². The molecular formula is C17H14ClNO2. The summed E-state index contributed by atoms with van der Waals surface area (Å²) in [5.41, 5.74) is 5.18. The molecule has 1 aromatic heterocycles. The van der Waals surface area contributed by atoms with Crippen LogP contribution in [0.5, 0.6) is 0 Å². The van der Waals surface area contributed by atoms with Crippen molar-refractivity contribution in [2.45, 2.75) is 13.8 Å². The highest BCUT2D eigenvalue weighted by atomic mass is 35.5. The maximum Gasteiger partial charge on any atom is 0.335 e. The minimum absolute atomic E-state index is 0.297. The van der Waals surface area contributed by atoms with E-state index in [1.54, 1.807) is 12.1 Å². The summed E-state index contributed by atoms with van der Waals surface area (Å²) in [7, 11) is 0. The third-order valence-corrected chi connectivity index (χ3v) is 4.07. The number of aromatic nitrogens is 1. The van der Waals surface area contributed by atoms with Crippen molar-refractivity contribution in [3.63, 3.8) is 0 Å². The number of nitrogens with one attached hydrogen (secondary N) is 1.